The molecule has 0 aliphatic rings. The maximum absolute atomic E-state index is 13.3. The minimum Gasteiger partial charge on any atom is -0.469 e. The van der Waals surface area contributed by atoms with Crippen LogP contribution in [-0.4, -0.2) is 28.6 Å². The van der Waals surface area contributed by atoms with Gasteiger partial charge < -0.3 is 4.74 Å². The van der Waals surface area contributed by atoms with Crippen LogP contribution in [0.25, 0.3) is 5.69 Å². The van der Waals surface area contributed by atoms with Crippen LogP contribution in [0.15, 0.2) is 58.3 Å². The molecule has 0 bridgehead atoms. The fourth-order valence-electron chi connectivity index (χ4n) is 3.13. The number of ether oxygens (including phenoxy) is 1. The van der Waals surface area contributed by atoms with Gasteiger partial charge in [0.1, 0.15) is 5.82 Å². The molecule has 150 valence electrons. The van der Waals surface area contributed by atoms with E-state index in [1.165, 1.54) is 36.1 Å². The Morgan fingerprint density at radius 3 is 2.52 bits per heavy atom. The molecule has 3 aromatic rings. The van der Waals surface area contributed by atoms with Gasteiger partial charge in [-0.1, -0.05) is 25.1 Å². The van der Waals surface area contributed by atoms with E-state index in [-0.39, 0.29) is 12.0 Å². The van der Waals surface area contributed by atoms with Gasteiger partial charge in [0.15, 0.2) is 0 Å². The molecule has 0 saturated carbocycles. The first-order valence-electron chi connectivity index (χ1n) is 9.24. The second kappa shape index (κ2) is 8.68. The van der Waals surface area contributed by atoms with Gasteiger partial charge in [0.25, 0.3) is 5.56 Å². The molecule has 0 amide bonds. The van der Waals surface area contributed by atoms with Gasteiger partial charge in [0, 0.05) is 0 Å². The van der Waals surface area contributed by atoms with Crippen molar-refractivity contribution < 1.29 is 13.9 Å². The topological polar surface area (TPSA) is 76.4 Å². The summed E-state index contributed by atoms with van der Waals surface area (Å²) in [6.45, 7) is 3.76. The minimum atomic E-state index is -0.486. The summed E-state index contributed by atoms with van der Waals surface area (Å²) < 4.78 is 19.3. The summed E-state index contributed by atoms with van der Waals surface area (Å²) in [6.07, 6.45) is 0.687. The Labute approximate surface area is 167 Å². The van der Waals surface area contributed by atoms with Gasteiger partial charge in [-0.05, 0) is 49.2 Å². The number of nitrogens with zero attached hydrogens (tertiary/aromatic N) is 2. The van der Waals surface area contributed by atoms with Gasteiger partial charge >= 0.3 is 5.97 Å². The van der Waals surface area contributed by atoms with Crippen LogP contribution in [-0.2, 0) is 22.4 Å². The maximum Gasteiger partial charge on any atom is 0.311 e. The van der Waals surface area contributed by atoms with Crippen molar-refractivity contribution in [2.75, 3.05) is 7.11 Å². The molecule has 6 nitrogen and oxygen atoms in total. The zero-order chi connectivity index (χ0) is 21.0. The van der Waals surface area contributed by atoms with Gasteiger partial charge in [-0.3, -0.25) is 19.7 Å². The first-order valence-corrected chi connectivity index (χ1v) is 9.24. The molecule has 1 heterocycles. The lowest BCUT2D eigenvalue weighted by Gasteiger charge is -2.05. The molecule has 0 atom stereocenters. The number of hydrogen-bond donors (Lipinski definition) is 1. The van der Waals surface area contributed by atoms with E-state index in [2.05, 4.69) is 10.1 Å². The molecule has 2 aromatic carbocycles. The minimum absolute atomic E-state index is 0.114. The summed E-state index contributed by atoms with van der Waals surface area (Å²) in [5.74, 6) is -0.891. The van der Waals surface area contributed by atoms with E-state index in [4.69, 9.17) is 4.74 Å². The van der Waals surface area contributed by atoms with E-state index in [9.17, 15) is 14.0 Å². The fourth-order valence-corrected chi connectivity index (χ4v) is 3.13. The molecule has 0 saturated heterocycles. The number of aliphatic imine (C=N–C) groups is 1. The molecule has 3 rings (SSSR count). The molecule has 0 aliphatic carbocycles. The lowest BCUT2D eigenvalue weighted by molar-refractivity contribution is -0.139. The number of aryl methyl sites for hydroxylation is 1. The number of rotatable bonds is 6. The van der Waals surface area contributed by atoms with E-state index < -0.39 is 11.8 Å². The number of para-hydroxylation sites is 1. The normalized spacial score (nSPS) is 11.5. The third kappa shape index (κ3) is 4.34. The molecule has 0 spiro atoms. The summed E-state index contributed by atoms with van der Waals surface area (Å²) in [6, 6.07) is 13.2. The Kier molecular flexibility index (Phi) is 6.07. The van der Waals surface area contributed by atoms with E-state index >= 15 is 0 Å². The SMILES string of the molecule is CCc1ccccc1N=C(C)c1c(CC(=O)OC)[nH]n(-c2ccc(F)cc2)c1=O. The quantitative estimate of drug-likeness (QED) is 0.510. The highest BCUT2D eigenvalue weighted by atomic mass is 19.1. The highest BCUT2D eigenvalue weighted by molar-refractivity contribution is 6.01. The molecular weight excluding hydrogens is 373 g/mol. The van der Waals surface area contributed by atoms with Crippen LogP contribution in [0.1, 0.15) is 30.7 Å². The maximum atomic E-state index is 13.3. The van der Waals surface area contributed by atoms with Gasteiger partial charge in [-0.15, -0.1) is 0 Å². The number of esters is 1. The van der Waals surface area contributed by atoms with Crippen molar-refractivity contribution in [3.8, 4) is 5.69 Å². The number of carbonyl (C=O) groups excluding carboxylic acids is 1. The van der Waals surface area contributed by atoms with Crippen molar-refractivity contribution in [2.45, 2.75) is 26.7 Å². The first-order chi connectivity index (χ1) is 13.9. The predicted octanol–water partition coefficient (Wildman–Crippen LogP) is 3.72. The number of halogens is 1. The molecule has 7 heteroatoms. The van der Waals surface area contributed by atoms with Crippen molar-refractivity contribution in [3.63, 3.8) is 0 Å². The summed E-state index contributed by atoms with van der Waals surface area (Å²) >= 11 is 0. The first kappa shape index (κ1) is 20.3. The van der Waals surface area contributed by atoms with Gasteiger partial charge in [0.05, 0.1) is 41.9 Å². The van der Waals surface area contributed by atoms with Crippen LogP contribution in [0.3, 0.4) is 0 Å². The Bertz CT molecular complexity index is 1110. The Morgan fingerprint density at radius 1 is 1.17 bits per heavy atom. The Balaban J connectivity index is 2.15. The third-order valence-corrected chi connectivity index (χ3v) is 4.62. The number of hydrogen-bond acceptors (Lipinski definition) is 4. The van der Waals surface area contributed by atoms with Crippen molar-refractivity contribution in [2.24, 2.45) is 4.99 Å². The monoisotopic (exact) mass is 395 g/mol. The zero-order valence-corrected chi connectivity index (χ0v) is 16.5. The van der Waals surface area contributed by atoms with Crippen LogP contribution in [0.2, 0.25) is 0 Å². The molecule has 0 unspecified atom stereocenters. The number of methoxy groups -OCH3 is 1. The summed E-state index contributed by atoms with van der Waals surface area (Å²) in [4.78, 5) is 29.7. The van der Waals surface area contributed by atoms with Crippen LogP contribution in [0, 0.1) is 5.82 Å². The van der Waals surface area contributed by atoms with Crippen molar-refractivity contribution in [1.29, 1.82) is 0 Å². The van der Waals surface area contributed by atoms with Crippen LogP contribution in [0.5, 0.6) is 0 Å². The van der Waals surface area contributed by atoms with E-state index in [1.807, 2.05) is 31.2 Å². The molecule has 29 heavy (non-hydrogen) atoms. The number of nitrogens with one attached hydrogen (secondary N) is 1. The third-order valence-electron chi connectivity index (χ3n) is 4.62. The van der Waals surface area contributed by atoms with E-state index in [0.29, 0.717) is 22.7 Å². The Hall–Kier alpha value is -3.48. The molecule has 1 N–H and O–H groups in total. The highest BCUT2D eigenvalue weighted by Crippen LogP contribution is 2.21. The van der Waals surface area contributed by atoms with Crippen LogP contribution < -0.4 is 5.56 Å². The van der Waals surface area contributed by atoms with Crippen molar-refractivity contribution in [3.05, 3.63) is 81.5 Å². The van der Waals surface area contributed by atoms with Crippen molar-refractivity contribution >= 4 is 17.4 Å². The Morgan fingerprint density at radius 2 is 1.86 bits per heavy atom. The summed E-state index contributed by atoms with van der Waals surface area (Å²) in [5.41, 5.74) is 3.07. The zero-order valence-electron chi connectivity index (χ0n) is 16.5. The molecule has 0 radical (unpaired) electrons. The molecule has 1 aromatic heterocycles. The number of aromatic amines is 1. The predicted molar refractivity (Wildman–Crippen MR) is 110 cm³/mol. The summed E-state index contributed by atoms with van der Waals surface area (Å²) in [5, 5.41) is 2.95. The van der Waals surface area contributed by atoms with Crippen LogP contribution in [0.4, 0.5) is 10.1 Å². The number of aromatic nitrogens is 2. The van der Waals surface area contributed by atoms with Gasteiger partial charge in [0.2, 0.25) is 0 Å². The van der Waals surface area contributed by atoms with E-state index in [0.717, 1.165) is 17.7 Å². The molecule has 0 fully saturated rings. The van der Waals surface area contributed by atoms with Gasteiger partial charge in [-0.2, -0.15) is 0 Å². The summed E-state index contributed by atoms with van der Waals surface area (Å²) in [7, 11) is 1.29. The fraction of sp³-hybridized carbons (Fsp3) is 0.227. The second-order valence-electron chi connectivity index (χ2n) is 6.51. The van der Waals surface area contributed by atoms with Crippen molar-refractivity contribution in [1.82, 2.24) is 9.78 Å². The lowest BCUT2D eigenvalue weighted by Crippen LogP contribution is -2.20. The highest BCUT2D eigenvalue weighted by Gasteiger charge is 2.20. The second-order valence-corrected chi connectivity index (χ2v) is 6.51. The lowest BCUT2D eigenvalue weighted by atomic mass is 10.1. The smallest absolute Gasteiger partial charge is 0.311 e. The number of benzene rings is 2. The standard InChI is InChI=1S/C22H22FN3O3/c1-4-15-7-5-6-8-18(15)24-14(2)21-19(13-20(27)29-3)25-26(22(21)28)17-11-9-16(23)10-12-17/h5-12,25H,4,13H2,1-3H3. The molecule has 0 aliphatic heterocycles. The van der Waals surface area contributed by atoms with Gasteiger partial charge in [-0.25, -0.2) is 9.07 Å². The van der Waals surface area contributed by atoms with Crippen LogP contribution >= 0.6 is 0 Å². The average Bonchev–Trinajstić information content (AvgIpc) is 3.04. The van der Waals surface area contributed by atoms with E-state index in [1.54, 1.807) is 6.92 Å². The number of carbonyl (C=O) groups is 1. The number of H-pyrrole nitrogens is 1. The molecular formula is C22H22FN3O3. The largest absolute Gasteiger partial charge is 0.469 e. The average molecular weight is 395 g/mol.